The van der Waals surface area contributed by atoms with Crippen LogP contribution in [-0.2, 0) is 4.74 Å². The quantitative estimate of drug-likeness (QED) is 0.280. The third-order valence-corrected chi connectivity index (χ3v) is 1.33. The van der Waals surface area contributed by atoms with Gasteiger partial charge in [0.15, 0.2) is 0 Å². The molecule has 0 aliphatic rings. The highest BCUT2D eigenvalue weighted by molar-refractivity contribution is 5.93. The normalized spacial score (nSPS) is 11.2. The Morgan fingerprint density at radius 2 is 2.00 bits per heavy atom. The number of methoxy groups -OCH3 is 1. The van der Waals surface area contributed by atoms with Gasteiger partial charge in [0.25, 0.3) is 0 Å². The fourth-order valence-corrected chi connectivity index (χ4v) is 0.826. The van der Waals surface area contributed by atoms with Crippen molar-refractivity contribution in [3.05, 3.63) is 35.9 Å². The van der Waals surface area contributed by atoms with E-state index in [4.69, 9.17) is 10.6 Å². The smallest absolute Gasteiger partial charge is 0.237 e. The van der Waals surface area contributed by atoms with Gasteiger partial charge >= 0.3 is 0 Å². The number of hydrazone groups is 1. The van der Waals surface area contributed by atoms with Crippen LogP contribution < -0.4 is 5.84 Å². The van der Waals surface area contributed by atoms with E-state index in [2.05, 4.69) is 5.10 Å². The minimum atomic E-state index is 0.450. The topological polar surface area (TPSA) is 47.6 Å². The van der Waals surface area contributed by atoms with Gasteiger partial charge in [-0.3, -0.25) is 0 Å². The molecule has 0 unspecified atom stereocenters. The Bertz CT molecular complexity index is 244. The zero-order valence-electron chi connectivity index (χ0n) is 6.32. The van der Waals surface area contributed by atoms with E-state index in [9.17, 15) is 0 Å². The second-order valence-electron chi connectivity index (χ2n) is 2.00. The van der Waals surface area contributed by atoms with Crippen molar-refractivity contribution in [2.24, 2.45) is 10.9 Å². The van der Waals surface area contributed by atoms with E-state index in [1.54, 1.807) is 7.11 Å². The third kappa shape index (κ3) is 1.70. The van der Waals surface area contributed by atoms with Crippen molar-refractivity contribution in [3.8, 4) is 0 Å². The Kier molecular flexibility index (Phi) is 2.49. The standard InChI is InChI=1S/C8H10N2O/c1-11-8(10-9)7-5-3-2-4-6-7/h2-6H,9H2,1H3/b10-8+. The molecule has 0 atom stereocenters. The first-order chi connectivity index (χ1) is 5.38. The number of nitrogens with two attached hydrogens (primary N) is 1. The Morgan fingerprint density at radius 3 is 2.45 bits per heavy atom. The van der Waals surface area contributed by atoms with E-state index in [0.717, 1.165) is 5.56 Å². The number of hydrogen-bond acceptors (Lipinski definition) is 3. The van der Waals surface area contributed by atoms with E-state index in [0.29, 0.717) is 5.90 Å². The second kappa shape index (κ2) is 3.61. The molecule has 0 saturated carbocycles. The molecule has 0 saturated heterocycles. The van der Waals surface area contributed by atoms with Crippen LogP contribution in [0.2, 0.25) is 0 Å². The average Bonchev–Trinajstić information content (AvgIpc) is 2.09. The van der Waals surface area contributed by atoms with Gasteiger partial charge in [0, 0.05) is 5.56 Å². The van der Waals surface area contributed by atoms with Gasteiger partial charge in [0.2, 0.25) is 5.90 Å². The Labute approximate surface area is 65.5 Å². The molecule has 0 fully saturated rings. The zero-order chi connectivity index (χ0) is 8.10. The van der Waals surface area contributed by atoms with E-state index in [1.807, 2.05) is 30.3 Å². The molecule has 0 aliphatic carbocycles. The molecule has 0 heterocycles. The first kappa shape index (κ1) is 7.60. The lowest BCUT2D eigenvalue weighted by Crippen LogP contribution is -2.05. The van der Waals surface area contributed by atoms with E-state index < -0.39 is 0 Å². The maximum Gasteiger partial charge on any atom is 0.237 e. The fourth-order valence-electron chi connectivity index (χ4n) is 0.826. The molecule has 2 N–H and O–H groups in total. The summed E-state index contributed by atoms with van der Waals surface area (Å²) in [7, 11) is 1.54. The summed E-state index contributed by atoms with van der Waals surface area (Å²) in [4.78, 5) is 0. The van der Waals surface area contributed by atoms with Gasteiger partial charge in [0.1, 0.15) is 0 Å². The molecule has 0 aromatic heterocycles. The van der Waals surface area contributed by atoms with Gasteiger partial charge in [-0.15, -0.1) is 5.10 Å². The highest BCUT2D eigenvalue weighted by Crippen LogP contribution is 2.00. The Hall–Kier alpha value is -1.51. The van der Waals surface area contributed by atoms with Crippen molar-refractivity contribution in [1.82, 2.24) is 0 Å². The number of ether oxygens (including phenoxy) is 1. The molecule has 11 heavy (non-hydrogen) atoms. The van der Waals surface area contributed by atoms with Crippen molar-refractivity contribution in [1.29, 1.82) is 0 Å². The van der Waals surface area contributed by atoms with Gasteiger partial charge in [-0.25, -0.2) is 0 Å². The molecule has 0 bridgehead atoms. The molecule has 0 aliphatic heterocycles. The predicted octanol–water partition coefficient (Wildman–Crippen LogP) is 0.953. The molecule has 3 nitrogen and oxygen atoms in total. The van der Waals surface area contributed by atoms with E-state index in [1.165, 1.54) is 0 Å². The summed E-state index contributed by atoms with van der Waals surface area (Å²) in [6, 6.07) is 9.50. The van der Waals surface area contributed by atoms with Crippen LogP contribution >= 0.6 is 0 Å². The number of nitrogens with zero attached hydrogens (tertiary/aromatic N) is 1. The fraction of sp³-hybridized carbons (Fsp3) is 0.125. The van der Waals surface area contributed by atoms with Crippen LogP contribution in [0.1, 0.15) is 5.56 Å². The summed E-state index contributed by atoms with van der Waals surface area (Å²) < 4.78 is 4.91. The van der Waals surface area contributed by atoms with Crippen LogP contribution in [0, 0.1) is 0 Å². The minimum Gasteiger partial charge on any atom is -0.480 e. The monoisotopic (exact) mass is 150 g/mol. The second-order valence-corrected chi connectivity index (χ2v) is 2.00. The van der Waals surface area contributed by atoms with Gasteiger partial charge < -0.3 is 10.6 Å². The molecule has 0 amide bonds. The van der Waals surface area contributed by atoms with Gasteiger partial charge in [0.05, 0.1) is 7.11 Å². The van der Waals surface area contributed by atoms with E-state index >= 15 is 0 Å². The number of rotatable bonds is 1. The molecule has 58 valence electrons. The van der Waals surface area contributed by atoms with Gasteiger partial charge in [-0.2, -0.15) is 0 Å². The van der Waals surface area contributed by atoms with Gasteiger partial charge in [-0.05, 0) is 12.1 Å². The summed E-state index contributed by atoms with van der Waals surface area (Å²) in [5.41, 5.74) is 0.887. The number of hydrogen-bond donors (Lipinski definition) is 1. The maximum absolute atomic E-state index is 5.08. The average molecular weight is 150 g/mol. The minimum absolute atomic E-state index is 0.450. The first-order valence-electron chi connectivity index (χ1n) is 3.25. The van der Waals surface area contributed by atoms with Crippen molar-refractivity contribution in [2.45, 2.75) is 0 Å². The van der Waals surface area contributed by atoms with Crippen molar-refractivity contribution >= 4 is 5.90 Å². The third-order valence-electron chi connectivity index (χ3n) is 1.33. The molecule has 1 aromatic carbocycles. The summed E-state index contributed by atoms with van der Waals surface area (Å²) >= 11 is 0. The lowest BCUT2D eigenvalue weighted by atomic mass is 10.2. The van der Waals surface area contributed by atoms with Crippen molar-refractivity contribution in [3.63, 3.8) is 0 Å². The van der Waals surface area contributed by atoms with Crippen molar-refractivity contribution in [2.75, 3.05) is 7.11 Å². The SMILES string of the molecule is CO/C(=N/N)c1ccccc1. The summed E-state index contributed by atoms with van der Waals surface area (Å²) in [5, 5.41) is 3.47. The highest BCUT2D eigenvalue weighted by atomic mass is 16.5. The van der Waals surface area contributed by atoms with Crippen LogP contribution in [0.15, 0.2) is 35.4 Å². The zero-order valence-corrected chi connectivity index (χ0v) is 6.32. The van der Waals surface area contributed by atoms with Crippen LogP contribution in [0.5, 0.6) is 0 Å². The summed E-state index contributed by atoms with van der Waals surface area (Å²) in [5.74, 6) is 5.53. The predicted molar refractivity (Wildman–Crippen MR) is 44.2 cm³/mol. The van der Waals surface area contributed by atoms with Crippen LogP contribution in [0.4, 0.5) is 0 Å². The molecule has 0 spiro atoms. The Balaban J connectivity index is 2.92. The molecule has 1 aromatic rings. The van der Waals surface area contributed by atoms with Crippen LogP contribution in [0.3, 0.4) is 0 Å². The first-order valence-corrected chi connectivity index (χ1v) is 3.25. The number of benzene rings is 1. The lowest BCUT2D eigenvalue weighted by molar-refractivity contribution is 0.403. The molecular weight excluding hydrogens is 140 g/mol. The highest BCUT2D eigenvalue weighted by Gasteiger charge is 1.98. The summed E-state index contributed by atoms with van der Waals surface area (Å²) in [6.07, 6.45) is 0. The maximum atomic E-state index is 5.08. The van der Waals surface area contributed by atoms with Crippen LogP contribution in [0.25, 0.3) is 0 Å². The molecular formula is C8H10N2O. The lowest BCUT2D eigenvalue weighted by Gasteiger charge is -2.01. The van der Waals surface area contributed by atoms with E-state index in [-0.39, 0.29) is 0 Å². The summed E-state index contributed by atoms with van der Waals surface area (Å²) in [6.45, 7) is 0. The largest absolute Gasteiger partial charge is 0.480 e. The van der Waals surface area contributed by atoms with Gasteiger partial charge in [-0.1, -0.05) is 18.2 Å². The van der Waals surface area contributed by atoms with Crippen molar-refractivity contribution < 1.29 is 4.74 Å². The molecule has 3 heteroatoms. The molecule has 0 radical (unpaired) electrons. The van der Waals surface area contributed by atoms with Crippen LogP contribution in [-0.4, -0.2) is 13.0 Å². The Morgan fingerprint density at radius 1 is 1.36 bits per heavy atom. The molecule has 1 rings (SSSR count).